The van der Waals surface area contributed by atoms with E-state index in [0.29, 0.717) is 17.7 Å². The van der Waals surface area contributed by atoms with Gasteiger partial charge in [-0.05, 0) is 12.1 Å². The Morgan fingerprint density at radius 3 is 2.32 bits per heavy atom. The number of carbonyl (C=O) groups is 1. The minimum atomic E-state index is -6.00. The second kappa shape index (κ2) is 7.94. The van der Waals surface area contributed by atoms with E-state index in [9.17, 15) is 22.1 Å². The first-order valence-corrected chi connectivity index (χ1v) is 6.11. The predicted octanol–water partition coefficient (Wildman–Crippen LogP) is 3.48. The summed E-state index contributed by atoms with van der Waals surface area (Å²) < 4.78 is 39.0. The zero-order valence-electron chi connectivity index (χ0n) is 11.2. The lowest BCUT2D eigenvalue weighted by atomic mass is 10.0. The van der Waals surface area contributed by atoms with Gasteiger partial charge in [0.2, 0.25) is 0 Å². The Balaban J connectivity index is 0.000000422. The molecule has 0 aromatic heterocycles. The van der Waals surface area contributed by atoms with Crippen LogP contribution in [0.5, 0.6) is 0 Å². The fourth-order valence-corrected chi connectivity index (χ4v) is 1.55. The number of benzene rings is 1. The van der Waals surface area contributed by atoms with Crippen LogP contribution in [0.1, 0.15) is 6.42 Å². The van der Waals surface area contributed by atoms with Crippen LogP contribution in [0, 0.1) is 0 Å². The van der Waals surface area contributed by atoms with Crippen molar-refractivity contribution in [3.05, 3.63) is 59.7 Å². The molecule has 0 aliphatic heterocycles. The molecule has 0 saturated heterocycles. The van der Waals surface area contributed by atoms with Crippen LogP contribution in [0.25, 0.3) is 5.53 Å². The van der Waals surface area contributed by atoms with Crippen molar-refractivity contribution in [1.82, 2.24) is 0 Å². The number of hydrogen-bond acceptors (Lipinski definition) is 1. The molecule has 1 aromatic carbocycles. The van der Waals surface area contributed by atoms with Crippen molar-refractivity contribution in [3.8, 4) is 0 Å². The molecule has 9 heteroatoms. The third kappa shape index (κ3) is 7.21. The molecule has 0 radical (unpaired) electrons. The zero-order valence-corrected chi connectivity index (χ0v) is 11.2. The number of para-hydroxylation sites is 1. The van der Waals surface area contributed by atoms with E-state index >= 15 is 0 Å². The van der Waals surface area contributed by atoms with E-state index in [1.165, 1.54) is 0 Å². The highest BCUT2D eigenvalue weighted by molar-refractivity contribution is 6.50. The highest BCUT2D eigenvalue weighted by atomic mass is 19.5. The van der Waals surface area contributed by atoms with Crippen LogP contribution in [0.3, 0.4) is 0 Å². The minimum absolute atomic E-state index is 0.179. The average molecular weight is 312 g/mol. The predicted molar refractivity (Wildman–Crippen MR) is 75.7 cm³/mol. The Bertz CT molecular complexity index is 628. The number of allylic oxidation sites excluding steroid dienone is 3. The summed E-state index contributed by atoms with van der Waals surface area (Å²) in [5, 5.41) is 2.78. The molecule has 0 atom stereocenters. The molecule has 4 nitrogen and oxygen atoms in total. The van der Waals surface area contributed by atoms with E-state index in [1.807, 2.05) is 30.3 Å². The maximum Gasteiger partial charge on any atom is 0.673 e. The number of rotatable bonds is 2. The first-order chi connectivity index (χ1) is 10.3. The van der Waals surface area contributed by atoms with Crippen LogP contribution in [0.4, 0.5) is 23.0 Å². The molecular weight excluding hydrogens is 301 g/mol. The number of carbonyl (C=O) groups excluding carboxylic acids is 1. The Morgan fingerprint density at radius 1 is 1.18 bits per heavy atom. The van der Waals surface area contributed by atoms with E-state index < -0.39 is 7.25 Å². The molecule has 1 aliphatic carbocycles. The van der Waals surface area contributed by atoms with Gasteiger partial charge in [0.05, 0.1) is 6.42 Å². The fourth-order valence-electron chi connectivity index (χ4n) is 1.55. The molecule has 0 heterocycles. The third-order valence-electron chi connectivity index (χ3n) is 2.41. The summed E-state index contributed by atoms with van der Waals surface area (Å²) in [6, 6.07) is 9.22. The first kappa shape index (κ1) is 17.4. The largest absolute Gasteiger partial charge is 0.673 e. The number of hydrogen-bond donors (Lipinski definition) is 1. The van der Waals surface area contributed by atoms with Crippen molar-refractivity contribution in [2.24, 2.45) is 0 Å². The van der Waals surface area contributed by atoms with Crippen molar-refractivity contribution < 1.29 is 26.8 Å². The van der Waals surface area contributed by atoms with E-state index in [0.717, 1.165) is 5.69 Å². The monoisotopic (exact) mass is 312 g/mol. The van der Waals surface area contributed by atoms with E-state index in [4.69, 9.17) is 5.53 Å². The van der Waals surface area contributed by atoms with Gasteiger partial charge in [0, 0.05) is 17.3 Å². The summed E-state index contributed by atoms with van der Waals surface area (Å²) in [4.78, 5) is 15.0. The number of nitrogens with one attached hydrogen (secondary N) is 1. The molecule has 0 spiro atoms. The van der Waals surface area contributed by atoms with Gasteiger partial charge in [0.15, 0.2) is 0 Å². The van der Waals surface area contributed by atoms with Gasteiger partial charge in [-0.3, -0.25) is 4.79 Å². The number of nitrogens with zero attached hydrogens (tertiary/aromatic N) is 2. The van der Waals surface area contributed by atoms with Gasteiger partial charge in [-0.25, -0.2) is 0 Å². The summed E-state index contributed by atoms with van der Waals surface area (Å²) in [5.41, 5.74) is 10.5. The SMILES string of the molecule is F[B-](F)(F)F.[N-]=[N+]=C1C=CC=C(C(=O)Nc2ccccc2)C1. The summed E-state index contributed by atoms with van der Waals surface area (Å²) in [6.45, 7) is 0. The lowest BCUT2D eigenvalue weighted by molar-refractivity contribution is -0.113. The minimum Gasteiger partial charge on any atom is -0.418 e. The van der Waals surface area contributed by atoms with E-state index in [2.05, 4.69) is 10.1 Å². The summed E-state index contributed by atoms with van der Waals surface area (Å²) in [7, 11) is -6.00. The molecule has 0 bridgehead atoms. The number of amides is 1. The van der Waals surface area contributed by atoms with Crippen LogP contribution >= 0.6 is 0 Å². The smallest absolute Gasteiger partial charge is 0.418 e. The normalized spacial score (nSPS) is 13.5. The molecule has 2 rings (SSSR count). The maximum atomic E-state index is 11.9. The topological polar surface area (TPSA) is 65.5 Å². The quantitative estimate of drug-likeness (QED) is 0.386. The molecule has 1 amide bonds. The molecule has 1 aliphatic rings. The molecule has 22 heavy (non-hydrogen) atoms. The number of anilines is 1. The maximum absolute atomic E-state index is 11.9. The Hall–Kier alpha value is -2.67. The average Bonchev–Trinajstić information content (AvgIpc) is 2.46. The lowest BCUT2D eigenvalue weighted by Crippen LogP contribution is -2.18. The first-order valence-electron chi connectivity index (χ1n) is 6.11. The highest BCUT2D eigenvalue weighted by Gasteiger charge is 2.20. The van der Waals surface area contributed by atoms with Gasteiger partial charge in [-0.15, -0.1) is 0 Å². The van der Waals surface area contributed by atoms with Crippen molar-refractivity contribution >= 4 is 24.6 Å². The Kier molecular flexibility index (Phi) is 6.28. The highest BCUT2D eigenvalue weighted by Crippen LogP contribution is 2.13. The van der Waals surface area contributed by atoms with Gasteiger partial charge < -0.3 is 28.1 Å². The van der Waals surface area contributed by atoms with Gasteiger partial charge in [0.25, 0.3) is 11.6 Å². The third-order valence-corrected chi connectivity index (χ3v) is 2.41. The zero-order chi connectivity index (χ0) is 16.6. The molecular formula is C13H11BF4N3O-. The number of halogens is 4. The van der Waals surface area contributed by atoms with E-state index in [-0.39, 0.29) is 5.91 Å². The Morgan fingerprint density at radius 2 is 1.77 bits per heavy atom. The molecule has 0 unspecified atom stereocenters. The molecule has 1 N–H and O–H groups in total. The molecule has 0 saturated carbocycles. The fraction of sp³-hybridized carbons (Fsp3) is 0.0769. The van der Waals surface area contributed by atoms with Crippen LogP contribution in [0.15, 0.2) is 54.1 Å². The van der Waals surface area contributed by atoms with E-state index in [1.54, 1.807) is 18.2 Å². The van der Waals surface area contributed by atoms with Crippen LogP contribution in [-0.4, -0.2) is 23.7 Å². The van der Waals surface area contributed by atoms with Gasteiger partial charge >= 0.3 is 7.25 Å². The van der Waals surface area contributed by atoms with Crippen LogP contribution < -0.4 is 5.32 Å². The van der Waals surface area contributed by atoms with Gasteiger partial charge in [-0.2, -0.15) is 4.79 Å². The van der Waals surface area contributed by atoms with Gasteiger partial charge in [-0.1, -0.05) is 30.4 Å². The molecule has 1 aromatic rings. The Labute approximate surface area is 123 Å². The molecule has 0 fully saturated rings. The summed E-state index contributed by atoms with van der Waals surface area (Å²) >= 11 is 0. The van der Waals surface area contributed by atoms with Crippen molar-refractivity contribution in [2.75, 3.05) is 5.32 Å². The van der Waals surface area contributed by atoms with Crippen molar-refractivity contribution in [3.63, 3.8) is 0 Å². The second-order valence-corrected chi connectivity index (χ2v) is 4.13. The van der Waals surface area contributed by atoms with Crippen molar-refractivity contribution in [1.29, 1.82) is 0 Å². The van der Waals surface area contributed by atoms with Crippen LogP contribution in [-0.2, 0) is 4.79 Å². The standard InChI is InChI=1S/C13H11N3O.BF4/c14-16-12-8-4-5-10(9-12)13(17)15-11-6-2-1-3-7-11;2-1(3,4)5/h1-8H,9H2,(H,15,17);/q;-1. The van der Waals surface area contributed by atoms with Crippen LogP contribution in [0.2, 0.25) is 0 Å². The second-order valence-electron chi connectivity index (χ2n) is 4.13. The van der Waals surface area contributed by atoms with Crippen molar-refractivity contribution in [2.45, 2.75) is 6.42 Å². The summed E-state index contributed by atoms with van der Waals surface area (Å²) in [6.07, 6.45) is 5.41. The molecule has 116 valence electrons. The summed E-state index contributed by atoms with van der Waals surface area (Å²) in [5.74, 6) is -0.179. The van der Waals surface area contributed by atoms with Gasteiger partial charge in [0.1, 0.15) is 0 Å². The lowest BCUT2D eigenvalue weighted by Gasteiger charge is -2.07.